The van der Waals surface area contributed by atoms with Crippen LogP contribution in [0.3, 0.4) is 0 Å². The maximum atomic E-state index is 12.4. The van der Waals surface area contributed by atoms with Crippen LogP contribution >= 0.6 is 34.9 Å². The summed E-state index contributed by atoms with van der Waals surface area (Å²) in [6.45, 7) is 0. The number of thioether (sulfide) groups is 2. The normalized spacial score (nSPS) is 15.2. The summed E-state index contributed by atoms with van der Waals surface area (Å²) in [5.74, 6) is 3.20. The molecule has 3 nitrogen and oxygen atoms in total. The molecule has 0 radical (unpaired) electrons. The molecule has 2 heterocycles. The Morgan fingerprint density at radius 1 is 1.12 bits per heavy atom. The molecule has 2 aromatic carbocycles. The van der Waals surface area contributed by atoms with E-state index in [0.29, 0.717) is 6.04 Å². The van der Waals surface area contributed by atoms with E-state index in [1.165, 1.54) is 10.3 Å². The highest BCUT2D eigenvalue weighted by Gasteiger charge is 2.16. The largest absolute Gasteiger partial charge is 0.349 e. The Labute approximate surface area is 166 Å². The van der Waals surface area contributed by atoms with Gasteiger partial charge in [-0.1, -0.05) is 36.0 Å². The second-order valence-electron chi connectivity index (χ2n) is 6.29. The van der Waals surface area contributed by atoms with Gasteiger partial charge < -0.3 is 5.32 Å². The fraction of sp³-hybridized carbons (Fsp3) is 0.300. The van der Waals surface area contributed by atoms with Crippen molar-refractivity contribution in [3.05, 3.63) is 59.7 Å². The van der Waals surface area contributed by atoms with Crippen LogP contribution in [0.4, 0.5) is 0 Å². The third kappa shape index (κ3) is 4.42. The highest BCUT2D eigenvalue weighted by molar-refractivity contribution is 8.00. The van der Waals surface area contributed by atoms with Crippen LogP contribution in [0.1, 0.15) is 28.8 Å². The van der Waals surface area contributed by atoms with Gasteiger partial charge in [-0.3, -0.25) is 4.79 Å². The molecule has 26 heavy (non-hydrogen) atoms. The fourth-order valence-corrected chi connectivity index (χ4v) is 6.05. The highest BCUT2D eigenvalue weighted by Crippen LogP contribution is 2.31. The van der Waals surface area contributed by atoms with Crippen molar-refractivity contribution in [1.82, 2.24) is 10.3 Å². The average molecular weight is 401 g/mol. The summed E-state index contributed by atoms with van der Waals surface area (Å²) in [5.41, 5.74) is 3.02. The van der Waals surface area contributed by atoms with Crippen LogP contribution < -0.4 is 5.32 Å². The number of nitrogens with one attached hydrogen (secondary N) is 1. The van der Waals surface area contributed by atoms with E-state index in [2.05, 4.69) is 16.4 Å². The lowest BCUT2D eigenvalue weighted by molar-refractivity contribution is 0.0935. The van der Waals surface area contributed by atoms with Crippen LogP contribution in [-0.2, 0) is 5.75 Å². The molecular weight excluding hydrogens is 380 g/mol. The zero-order valence-electron chi connectivity index (χ0n) is 14.3. The fourth-order valence-electron chi connectivity index (χ4n) is 2.92. The van der Waals surface area contributed by atoms with Crippen molar-refractivity contribution in [1.29, 1.82) is 0 Å². The smallest absolute Gasteiger partial charge is 0.251 e. The van der Waals surface area contributed by atoms with Crippen LogP contribution in [0.15, 0.2) is 52.9 Å². The Balaban J connectivity index is 1.34. The number of hydrogen-bond donors (Lipinski definition) is 1. The summed E-state index contributed by atoms with van der Waals surface area (Å²) in [7, 11) is 0. The summed E-state index contributed by atoms with van der Waals surface area (Å²) < 4.78 is 2.31. The molecule has 1 aliphatic rings. The van der Waals surface area contributed by atoms with Gasteiger partial charge in [-0.05, 0) is 54.2 Å². The standard InChI is InChI=1S/C20H20N2OS3/c23-19(21-16-9-11-24-12-10-16)15-7-5-14(6-8-15)13-25-20-22-17-3-1-2-4-18(17)26-20/h1-8,16H,9-13H2,(H,21,23). The van der Waals surface area contributed by atoms with Crippen molar-refractivity contribution in [3.63, 3.8) is 0 Å². The van der Waals surface area contributed by atoms with E-state index >= 15 is 0 Å². The number of fused-ring (bicyclic) bond motifs is 1. The molecule has 1 aliphatic heterocycles. The topological polar surface area (TPSA) is 42.0 Å². The molecule has 3 aromatic rings. The molecule has 1 N–H and O–H groups in total. The number of carbonyl (C=O) groups excluding carboxylic acids is 1. The number of aromatic nitrogens is 1. The molecule has 0 aliphatic carbocycles. The molecule has 0 saturated carbocycles. The number of nitrogens with zero attached hydrogens (tertiary/aromatic N) is 1. The molecule has 134 valence electrons. The van der Waals surface area contributed by atoms with Gasteiger partial charge >= 0.3 is 0 Å². The van der Waals surface area contributed by atoms with Gasteiger partial charge in [0.15, 0.2) is 4.34 Å². The van der Waals surface area contributed by atoms with Gasteiger partial charge in [-0.2, -0.15) is 11.8 Å². The Hall–Kier alpha value is -1.50. The first kappa shape index (κ1) is 17.9. The Bertz CT molecular complexity index is 852. The molecule has 4 rings (SSSR count). The number of amides is 1. The lowest BCUT2D eigenvalue weighted by Crippen LogP contribution is -2.37. The van der Waals surface area contributed by atoms with Crippen LogP contribution in [0, 0.1) is 0 Å². The average Bonchev–Trinajstić information content (AvgIpc) is 3.10. The van der Waals surface area contributed by atoms with Gasteiger partial charge in [0.1, 0.15) is 0 Å². The number of benzene rings is 2. The number of hydrogen-bond acceptors (Lipinski definition) is 5. The summed E-state index contributed by atoms with van der Waals surface area (Å²) in [6, 6.07) is 16.5. The maximum Gasteiger partial charge on any atom is 0.251 e. The second kappa shape index (κ2) is 8.46. The van der Waals surface area contributed by atoms with Crippen molar-refractivity contribution in [3.8, 4) is 0 Å². The Morgan fingerprint density at radius 2 is 1.88 bits per heavy atom. The van der Waals surface area contributed by atoms with Gasteiger partial charge in [0.25, 0.3) is 5.91 Å². The van der Waals surface area contributed by atoms with Gasteiger partial charge in [-0.25, -0.2) is 4.98 Å². The predicted octanol–water partition coefficient (Wildman–Crippen LogP) is 5.21. The molecule has 0 unspecified atom stereocenters. The number of thiazole rings is 1. The van der Waals surface area contributed by atoms with Crippen molar-refractivity contribution >= 4 is 51.0 Å². The van der Waals surface area contributed by atoms with Crippen molar-refractivity contribution in [2.75, 3.05) is 11.5 Å². The van der Waals surface area contributed by atoms with E-state index in [4.69, 9.17) is 0 Å². The molecule has 6 heteroatoms. The van der Waals surface area contributed by atoms with E-state index in [-0.39, 0.29) is 5.91 Å². The Morgan fingerprint density at radius 3 is 2.65 bits per heavy atom. The van der Waals surface area contributed by atoms with E-state index in [0.717, 1.165) is 45.5 Å². The summed E-state index contributed by atoms with van der Waals surface area (Å²) in [5, 5.41) is 3.16. The molecular formula is C20H20N2OS3. The SMILES string of the molecule is O=C(NC1CCSCC1)c1ccc(CSc2nc3ccccc3s2)cc1. The van der Waals surface area contributed by atoms with Crippen molar-refractivity contribution < 1.29 is 4.79 Å². The third-order valence-corrected chi connectivity index (χ3v) is 7.71. The van der Waals surface area contributed by atoms with Crippen LogP contribution in [-0.4, -0.2) is 28.4 Å². The van der Waals surface area contributed by atoms with E-state index in [1.54, 1.807) is 23.1 Å². The van der Waals surface area contributed by atoms with Crippen molar-refractivity contribution in [2.24, 2.45) is 0 Å². The zero-order valence-corrected chi connectivity index (χ0v) is 16.8. The van der Waals surface area contributed by atoms with Gasteiger partial charge in [0.05, 0.1) is 10.2 Å². The van der Waals surface area contributed by atoms with E-state index < -0.39 is 0 Å². The molecule has 0 spiro atoms. The highest BCUT2D eigenvalue weighted by atomic mass is 32.2. The first-order valence-corrected chi connectivity index (χ1v) is 11.7. The first-order valence-electron chi connectivity index (χ1n) is 8.74. The molecule has 1 saturated heterocycles. The van der Waals surface area contributed by atoms with Crippen LogP contribution in [0.2, 0.25) is 0 Å². The van der Waals surface area contributed by atoms with E-state index in [1.807, 2.05) is 54.2 Å². The summed E-state index contributed by atoms with van der Waals surface area (Å²) in [4.78, 5) is 17.0. The van der Waals surface area contributed by atoms with Crippen LogP contribution in [0.5, 0.6) is 0 Å². The Kier molecular flexibility index (Phi) is 5.82. The minimum Gasteiger partial charge on any atom is -0.349 e. The van der Waals surface area contributed by atoms with Gasteiger partial charge in [0, 0.05) is 17.4 Å². The quantitative estimate of drug-likeness (QED) is 0.597. The molecule has 0 atom stereocenters. The second-order valence-corrected chi connectivity index (χ2v) is 9.77. The summed E-state index contributed by atoms with van der Waals surface area (Å²) in [6.07, 6.45) is 2.15. The minimum atomic E-state index is 0.0484. The lowest BCUT2D eigenvalue weighted by Gasteiger charge is -2.22. The van der Waals surface area contributed by atoms with Crippen LogP contribution in [0.25, 0.3) is 10.2 Å². The number of rotatable bonds is 5. The zero-order chi connectivity index (χ0) is 17.8. The molecule has 0 bridgehead atoms. The molecule has 1 aromatic heterocycles. The minimum absolute atomic E-state index is 0.0484. The maximum absolute atomic E-state index is 12.4. The first-order chi connectivity index (χ1) is 12.8. The monoisotopic (exact) mass is 400 g/mol. The number of carbonyl (C=O) groups is 1. The van der Waals surface area contributed by atoms with Crippen molar-refractivity contribution in [2.45, 2.75) is 29.0 Å². The molecule has 1 amide bonds. The lowest BCUT2D eigenvalue weighted by atomic mass is 10.1. The van der Waals surface area contributed by atoms with Gasteiger partial charge in [-0.15, -0.1) is 11.3 Å². The predicted molar refractivity (Wildman–Crippen MR) is 113 cm³/mol. The number of para-hydroxylation sites is 1. The van der Waals surface area contributed by atoms with Gasteiger partial charge in [0.2, 0.25) is 0 Å². The van der Waals surface area contributed by atoms with E-state index in [9.17, 15) is 4.79 Å². The third-order valence-electron chi connectivity index (χ3n) is 4.41. The molecule has 1 fully saturated rings. The summed E-state index contributed by atoms with van der Waals surface area (Å²) >= 11 is 5.45.